The van der Waals surface area contributed by atoms with Gasteiger partial charge in [0, 0.05) is 25.3 Å². The van der Waals surface area contributed by atoms with E-state index in [0.29, 0.717) is 30.0 Å². The summed E-state index contributed by atoms with van der Waals surface area (Å²) < 4.78 is 42.6. The Bertz CT molecular complexity index is 1340. The van der Waals surface area contributed by atoms with Crippen molar-refractivity contribution in [2.75, 3.05) is 29.9 Å². The normalized spacial score (nSPS) is 14.2. The van der Waals surface area contributed by atoms with Crippen LogP contribution in [0, 0.1) is 12.8 Å². The first-order valence-corrected chi connectivity index (χ1v) is 13.9. The molecule has 1 saturated heterocycles. The molecule has 13 heteroatoms. The summed E-state index contributed by atoms with van der Waals surface area (Å²) in [5, 5.41) is 13.5. The number of rotatable bonds is 8. The highest BCUT2D eigenvalue weighted by Gasteiger charge is 2.31. The van der Waals surface area contributed by atoms with Gasteiger partial charge in [-0.1, -0.05) is 26.0 Å². The number of nitrogens with zero attached hydrogens (tertiary/aromatic N) is 4. The van der Waals surface area contributed by atoms with Crippen molar-refractivity contribution in [3.05, 3.63) is 59.9 Å². The summed E-state index contributed by atoms with van der Waals surface area (Å²) in [7, 11) is 0. The quantitative estimate of drug-likeness (QED) is 0.282. The van der Waals surface area contributed by atoms with Gasteiger partial charge < -0.3 is 20.3 Å². The van der Waals surface area contributed by atoms with Crippen LogP contribution >= 0.6 is 12.2 Å². The van der Waals surface area contributed by atoms with Gasteiger partial charge in [0.1, 0.15) is 12.1 Å². The Hall–Kier alpha value is -3.87. The average molecular weight is 590 g/mol. The molecule has 0 saturated carbocycles. The Morgan fingerprint density at radius 1 is 1.15 bits per heavy atom. The molecule has 1 fully saturated rings. The van der Waals surface area contributed by atoms with Crippen LogP contribution in [0.25, 0.3) is 5.69 Å². The number of ether oxygens (including phenoxy) is 1. The van der Waals surface area contributed by atoms with E-state index >= 15 is 0 Å². The van der Waals surface area contributed by atoms with Crippen LogP contribution in [0.5, 0.6) is 5.75 Å². The van der Waals surface area contributed by atoms with E-state index in [9.17, 15) is 18.0 Å². The number of alkyl halides is 3. The van der Waals surface area contributed by atoms with Gasteiger partial charge in [-0.3, -0.25) is 5.32 Å². The second-order valence-corrected chi connectivity index (χ2v) is 10.7. The lowest BCUT2D eigenvalue weighted by molar-refractivity contribution is -0.274. The average Bonchev–Trinajstić information content (AvgIpc) is 3.39. The summed E-state index contributed by atoms with van der Waals surface area (Å²) in [4.78, 5) is 18.8. The van der Waals surface area contributed by atoms with E-state index in [1.165, 1.54) is 35.3 Å². The fourth-order valence-electron chi connectivity index (χ4n) is 4.72. The number of nitrogens with one attached hydrogen (secondary N) is 3. The molecule has 1 aromatic heterocycles. The standard InChI is InChI=1S/C28H34F3N7O2S/c1-18(2)23-9-4-19(3)16-24(23)34-27(41)35-26(39)32-13-10-20-11-14-37(15-12-20)25-33-17-38(36-25)21-5-7-22(8-6-21)40-28(29,30)31/h4-9,16-18,20H,10-15H2,1-3H3,(H3,32,34,35,39,41). The number of hydrogen-bond acceptors (Lipinski definition) is 6. The molecule has 4 rings (SSSR count). The van der Waals surface area contributed by atoms with Gasteiger partial charge in [-0.05, 0) is 91.7 Å². The van der Waals surface area contributed by atoms with Crippen LogP contribution in [-0.4, -0.2) is 51.9 Å². The molecule has 0 atom stereocenters. The number of thiocarbonyl (C=S) groups is 1. The molecule has 0 aliphatic carbocycles. The maximum atomic E-state index is 12.4. The fraction of sp³-hybridized carbons (Fsp3) is 0.429. The van der Waals surface area contributed by atoms with Gasteiger partial charge in [-0.2, -0.15) is 4.98 Å². The van der Waals surface area contributed by atoms with Gasteiger partial charge in [-0.25, -0.2) is 9.48 Å². The lowest BCUT2D eigenvalue weighted by atomic mass is 9.94. The van der Waals surface area contributed by atoms with Crippen molar-refractivity contribution in [3.63, 3.8) is 0 Å². The topological polar surface area (TPSA) is 96.3 Å². The number of carbonyl (C=O) groups is 1. The molecule has 0 bridgehead atoms. The highest BCUT2D eigenvalue weighted by molar-refractivity contribution is 7.80. The third-order valence-electron chi connectivity index (χ3n) is 6.86. The molecule has 1 aliphatic rings. The maximum Gasteiger partial charge on any atom is 0.573 e. The molecule has 0 unspecified atom stereocenters. The number of carbonyl (C=O) groups excluding carboxylic acids is 1. The molecule has 2 aromatic carbocycles. The van der Waals surface area contributed by atoms with Crippen molar-refractivity contribution in [2.24, 2.45) is 5.92 Å². The SMILES string of the molecule is Cc1ccc(C(C)C)c(NC(=S)NC(=O)NCCC2CCN(c3ncn(-c4ccc(OC(F)(F)F)cc4)n3)CC2)c1. The molecule has 3 aromatic rings. The van der Waals surface area contributed by atoms with Crippen molar-refractivity contribution in [2.45, 2.75) is 52.3 Å². The number of benzene rings is 2. The molecule has 2 amide bonds. The summed E-state index contributed by atoms with van der Waals surface area (Å²) in [6, 6.07) is 11.2. The molecule has 220 valence electrons. The number of aromatic nitrogens is 3. The van der Waals surface area contributed by atoms with E-state index in [-0.39, 0.29) is 16.9 Å². The van der Waals surface area contributed by atoms with Gasteiger partial charge in [0.25, 0.3) is 0 Å². The van der Waals surface area contributed by atoms with Crippen molar-refractivity contribution in [1.29, 1.82) is 0 Å². The molecule has 0 spiro atoms. The Labute approximate surface area is 242 Å². The fourth-order valence-corrected chi connectivity index (χ4v) is 4.92. The van der Waals surface area contributed by atoms with E-state index in [1.807, 2.05) is 13.0 Å². The van der Waals surface area contributed by atoms with Crippen LogP contribution in [0.2, 0.25) is 0 Å². The van der Waals surface area contributed by atoms with Crippen molar-refractivity contribution < 1.29 is 22.7 Å². The van der Waals surface area contributed by atoms with Gasteiger partial charge in [0.2, 0.25) is 5.95 Å². The zero-order chi connectivity index (χ0) is 29.6. The van der Waals surface area contributed by atoms with Crippen LogP contribution in [0.4, 0.5) is 29.6 Å². The van der Waals surface area contributed by atoms with Crippen LogP contribution in [0.1, 0.15) is 50.2 Å². The van der Waals surface area contributed by atoms with Gasteiger partial charge in [-0.15, -0.1) is 18.3 Å². The molecular formula is C28H34F3N7O2S. The maximum absolute atomic E-state index is 12.4. The predicted octanol–water partition coefficient (Wildman–Crippen LogP) is 5.90. The van der Waals surface area contributed by atoms with Crippen molar-refractivity contribution in [1.82, 2.24) is 25.4 Å². The second kappa shape index (κ2) is 13.2. The van der Waals surface area contributed by atoms with Crippen LogP contribution in [-0.2, 0) is 0 Å². The molecule has 3 N–H and O–H groups in total. The summed E-state index contributed by atoms with van der Waals surface area (Å²) >= 11 is 5.35. The van der Waals surface area contributed by atoms with Gasteiger partial charge in [0.05, 0.1) is 5.69 Å². The number of urea groups is 1. The third kappa shape index (κ3) is 8.81. The molecule has 0 radical (unpaired) electrons. The molecule has 2 heterocycles. The van der Waals surface area contributed by atoms with Crippen LogP contribution < -0.4 is 25.6 Å². The minimum Gasteiger partial charge on any atom is -0.406 e. The number of amides is 2. The summed E-state index contributed by atoms with van der Waals surface area (Å²) in [5.41, 5.74) is 3.70. The van der Waals surface area contributed by atoms with E-state index in [4.69, 9.17) is 12.2 Å². The Morgan fingerprint density at radius 3 is 2.51 bits per heavy atom. The van der Waals surface area contributed by atoms with E-state index in [1.54, 1.807) is 0 Å². The van der Waals surface area contributed by atoms with E-state index < -0.39 is 6.36 Å². The molecular weight excluding hydrogens is 555 g/mol. The number of aryl methyl sites for hydroxylation is 1. The third-order valence-corrected chi connectivity index (χ3v) is 7.06. The summed E-state index contributed by atoms with van der Waals surface area (Å²) in [6.45, 7) is 8.28. The first kappa shape index (κ1) is 30.1. The number of piperidine rings is 1. The smallest absolute Gasteiger partial charge is 0.406 e. The highest BCUT2D eigenvalue weighted by atomic mass is 32.1. The number of halogens is 3. The van der Waals surface area contributed by atoms with Crippen molar-refractivity contribution >= 4 is 35.0 Å². The van der Waals surface area contributed by atoms with E-state index in [2.05, 4.69) is 61.7 Å². The van der Waals surface area contributed by atoms with Crippen LogP contribution in [0.3, 0.4) is 0 Å². The number of anilines is 2. The lowest BCUT2D eigenvalue weighted by Crippen LogP contribution is -2.42. The monoisotopic (exact) mass is 589 g/mol. The summed E-state index contributed by atoms with van der Waals surface area (Å²) in [6.07, 6.45) is -0.517. The lowest BCUT2D eigenvalue weighted by Gasteiger charge is -2.31. The predicted molar refractivity (Wildman–Crippen MR) is 156 cm³/mol. The molecule has 1 aliphatic heterocycles. The Morgan fingerprint density at radius 2 is 1.85 bits per heavy atom. The zero-order valence-corrected chi connectivity index (χ0v) is 24.0. The first-order valence-electron chi connectivity index (χ1n) is 13.5. The first-order chi connectivity index (χ1) is 19.5. The highest BCUT2D eigenvalue weighted by Crippen LogP contribution is 2.26. The zero-order valence-electron chi connectivity index (χ0n) is 23.2. The largest absolute Gasteiger partial charge is 0.573 e. The second-order valence-electron chi connectivity index (χ2n) is 10.3. The Kier molecular flexibility index (Phi) is 9.69. The number of hydrogen-bond donors (Lipinski definition) is 3. The Balaban J connectivity index is 1.17. The molecule has 9 nitrogen and oxygen atoms in total. The van der Waals surface area contributed by atoms with Crippen LogP contribution in [0.15, 0.2) is 48.8 Å². The van der Waals surface area contributed by atoms with E-state index in [0.717, 1.165) is 49.2 Å². The van der Waals surface area contributed by atoms with Gasteiger partial charge >= 0.3 is 12.4 Å². The molecule has 41 heavy (non-hydrogen) atoms. The minimum absolute atomic E-state index is 0.251. The summed E-state index contributed by atoms with van der Waals surface area (Å²) in [5.74, 6) is 1.03. The van der Waals surface area contributed by atoms with Gasteiger partial charge in [0.15, 0.2) is 5.11 Å². The van der Waals surface area contributed by atoms with Crippen molar-refractivity contribution in [3.8, 4) is 11.4 Å². The minimum atomic E-state index is -4.73.